The van der Waals surface area contributed by atoms with Crippen LogP contribution in [0.5, 0.6) is 11.5 Å². The Balaban J connectivity index is 2.19. The van der Waals surface area contributed by atoms with E-state index < -0.39 is 6.04 Å². The van der Waals surface area contributed by atoms with Gasteiger partial charge in [0.25, 0.3) is 0 Å². The molecule has 0 saturated carbocycles. The van der Waals surface area contributed by atoms with E-state index in [1.54, 1.807) is 36.4 Å². The zero-order valence-corrected chi connectivity index (χ0v) is 11.8. The third-order valence-corrected chi connectivity index (χ3v) is 3.15. The van der Waals surface area contributed by atoms with Crippen molar-refractivity contribution in [2.45, 2.75) is 12.6 Å². The summed E-state index contributed by atoms with van der Waals surface area (Å²) in [4.78, 5) is 0. The van der Waals surface area contributed by atoms with Crippen LogP contribution in [0.25, 0.3) is 0 Å². The number of aliphatic hydroxyl groups excluding tert-OH is 1. The van der Waals surface area contributed by atoms with Crippen LogP contribution in [0.1, 0.15) is 17.2 Å². The van der Waals surface area contributed by atoms with Gasteiger partial charge in [0.05, 0.1) is 19.8 Å². The van der Waals surface area contributed by atoms with Gasteiger partial charge < -0.3 is 20.3 Å². The standard InChI is InChI=1S/C16H18FNO3/c1-20-15-7-6-11(14(18)9-19)8-16(15)21-10-12-4-2-3-5-13(12)17/h2-8,14,19H,9-10,18H2,1H3/t14-/m0/s1. The minimum atomic E-state index is -0.494. The van der Waals surface area contributed by atoms with Crippen molar-refractivity contribution >= 4 is 0 Å². The van der Waals surface area contributed by atoms with Crippen molar-refractivity contribution in [3.8, 4) is 11.5 Å². The molecule has 21 heavy (non-hydrogen) atoms. The molecular formula is C16H18FNO3. The number of halogens is 1. The Kier molecular flexibility index (Phi) is 5.14. The van der Waals surface area contributed by atoms with Crippen molar-refractivity contribution in [1.82, 2.24) is 0 Å². The summed E-state index contributed by atoms with van der Waals surface area (Å²) >= 11 is 0. The molecule has 0 aliphatic carbocycles. The smallest absolute Gasteiger partial charge is 0.162 e. The van der Waals surface area contributed by atoms with E-state index in [1.165, 1.54) is 13.2 Å². The van der Waals surface area contributed by atoms with Crippen LogP contribution < -0.4 is 15.2 Å². The third kappa shape index (κ3) is 3.71. The quantitative estimate of drug-likeness (QED) is 0.858. The Morgan fingerprint density at radius 2 is 1.95 bits per heavy atom. The molecule has 0 fully saturated rings. The highest BCUT2D eigenvalue weighted by atomic mass is 19.1. The number of benzene rings is 2. The molecule has 0 spiro atoms. The Hall–Kier alpha value is -2.11. The van der Waals surface area contributed by atoms with Crippen molar-refractivity contribution < 1.29 is 19.0 Å². The van der Waals surface area contributed by atoms with Gasteiger partial charge in [-0.1, -0.05) is 24.3 Å². The molecule has 3 N–H and O–H groups in total. The molecule has 2 aromatic rings. The average Bonchev–Trinajstić information content (AvgIpc) is 2.53. The predicted molar refractivity (Wildman–Crippen MR) is 77.7 cm³/mol. The number of ether oxygens (including phenoxy) is 2. The maximum atomic E-state index is 13.6. The van der Waals surface area contributed by atoms with Crippen LogP contribution in [0, 0.1) is 5.82 Å². The molecule has 0 saturated heterocycles. The highest BCUT2D eigenvalue weighted by Gasteiger charge is 2.11. The number of methoxy groups -OCH3 is 1. The summed E-state index contributed by atoms with van der Waals surface area (Å²) in [5, 5.41) is 9.10. The Bertz CT molecular complexity index is 604. The van der Waals surface area contributed by atoms with Gasteiger partial charge in [-0.05, 0) is 23.8 Å². The summed E-state index contributed by atoms with van der Waals surface area (Å²) in [6.45, 7) is -0.0834. The lowest BCUT2D eigenvalue weighted by molar-refractivity contribution is 0.264. The molecule has 2 aromatic carbocycles. The van der Waals surface area contributed by atoms with E-state index in [1.807, 2.05) is 0 Å². The first-order valence-corrected chi connectivity index (χ1v) is 6.56. The van der Waals surface area contributed by atoms with Crippen molar-refractivity contribution in [3.05, 3.63) is 59.4 Å². The van der Waals surface area contributed by atoms with Gasteiger partial charge in [-0.3, -0.25) is 0 Å². The first-order valence-electron chi connectivity index (χ1n) is 6.56. The molecule has 5 heteroatoms. The van der Waals surface area contributed by atoms with Gasteiger partial charge in [-0.15, -0.1) is 0 Å². The summed E-state index contributed by atoms with van der Waals surface area (Å²) in [6, 6.07) is 11.1. The molecule has 0 bridgehead atoms. The number of aliphatic hydroxyl groups is 1. The Morgan fingerprint density at radius 1 is 1.19 bits per heavy atom. The van der Waals surface area contributed by atoms with E-state index in [0.717, 1.165) is 5.56 Å². The molecule has 0 aliphatic rings. The second kappa shape index (κ2) is 7.06. The van der Waals surface area contributed by atoms with Gasteiger partial charge in [0, 0.05) is 5.56 Å². The zero-order chi connectivity index (χ0) is 15.2. The van der Waals surface area contributed by atoms with Gasteiger partial charge in [0.1, 0.15) is 12.4 Å². The van der Waals surface area contributed by atoms with Crippen LogP contribution >= 0.6 is 0 Å². The summed E-state index contributed by atoms with van der Waals surface area (Å²) < 4.78 is 24.4. The fourth-order valence-electron chi connectivity index (χ4n) is 1.91. The van der Waals surface area contributed by atoms with E-state index in [2.05, 4.69) is 0 Å². The minimum Gasteiger partial charge on any atom is -0.493 e. The molecule has 0 amide bonds. The van der Waals surface area contributed by atoms with E-state index in [4.69, 9.17) is 20.3 Å². The summed E-state index contributed by atoms with van der Waals surface area (Å²) in [6.07, 6.45) is 0. The lowest BCUT2D eigenvalue weighted by Gasteiger charge is -2.15. The number of nitrogens with two attached hydrogens (primary N) is 1. The summed E-state index contributed by atoms with van der Waals surface area (Å²) in [5.41, 5.74) is 6.96. The molecule has 4 nitrogen and oxygen atoms in total. The van der Waals surface area contributed by atoms with E-state index >= 15 is 0 Å². The predicted octanol–water partition coefficient (Wildman–Crippen LogP) is 2.41. The molecule has 0 radical (unpaired) electrons. The molecule has 0 aromatic heterocycles. The average molecular weight is 291 g/mol. The lowest BCUT2D eigenvalue weighted by Crippen LogP contribution is -2.14. The van der Waals surface area contributed by atoms with Crippen molar-refractivity contribution in [2.24, 2.45) is 5.73 Å². The topological polar surface area (TPSA) is 64.7 Å². The molecule has 2 rings (SSSR count). The van der Waals surface area contributed by atoms with E-state index in [9.17, 15) is 4.39 Å². The largest absolute Gasteiger partial charge is 0.493 e. The first-order chi connectivity index (χ1) is 10.2. The van der Waals surface area contributed by atoms with Gasteiger partial charge in [-0.25, -0.2) is 4.39 Å². The van der Waals surface area contributed by atoms with Gasteiger partial charge in [0.2, 0.25) is 0 Å². The SMILES string of the molecule is COc1ccc([C@@H](N)CO)cc1OCc1ccccc1F. The lowest BCUT2D eigenvalue weighted by atomic mass is 10.1. The fraction of sp³-hybridized carbons (Fsp3) is 0.250. The minimum absolute atomic E-state index is 0.0842. The van der Waals surface area contributed by atoms with E-state index in [-0.39, 0.29) is 19.0 Å². The molecular weight excluding hydrogens is 273 g/mol. The van der Waals surface area contributed by atoms with Gasteiger partial charge in [-0.2, -0.15) is 0 Å². The molecule has 112 valence electrons. The van der Waals surface area contributed by atoms with Crippen molar-refractivity contribution in [3.63, 3.8) is 0 Å². The number of rotatable bonds is 6. The monoisotopic (exact) mass is 291 g/mol. The summed E-state index contributed by atoms with van der Waals surface area (Å²) in [7, 11) is 1.52. The van der Waals surface area contributed by atoms with Crippen LogP contribution in [-0.4, -0.2) is 18.8 Å². The maximum Gasteiger partial charge on any atom is 0.162 e. The fourth-order valence-corrected chi connectivity index (χ4v) is 1.91. The highest BCUT2D eigenvalue weighted by molar-refractivity contribution is 5.44. The van der Waals surface area contributed by atoms with Crippen LogP contribution in [0.15, 0.2) is 42.5 Å². The second-order valence-electron chi connectivity index (χ2n) is 4.58. The van der Waals surface area contributed by atoms with Crippen LogP contribution in [0.3, 0.4) is 0 Å². The molecule has 1 atom stereocenters. The summed E-state index contributed by atoms with van der Waals surface area (Å²) in [5.74, 6) is 0.669. The maximum absolute atomic E-state index is 13.6. The molecule has 0 aliphatic heterocycles. The van der Waals surface area contributed by atoms with Crippen molar-refractivity contribution in [1.29, 1.82) is 0 Å². The van der Waals surface area contributed by atoms with Crippen LogP contribution in [0.2, 0.25) is 0 Å². The Morgan fingerprint density at radius 3 is 2.62 bits per heavy atom. The van der Waals surface area contributed by atoms with Crippen LogP contribution in [0.4, 0.5) is 4.39 Å². The second-order valence-corrected chi connectivity index (χ2v) is 4.58. The number of hydrogen-bond donors (Lipinski definition) is 2. The zero-order valence-electron chi connectivity index (χ0n) is 11.8. The normalized spacial score (nSPS) is 12.0. The van der Waals surface area contributed by atoms with Gasteiger partial charge >= 0.3 is 0 Å². The number of hydrogen-bond acceptors (Lipinski definition) is 4. The molecule has 0 unspecified atom stereocenters. The first kappa shape index (κ1) is 15.3. The highest BCUT2D eigenvalue weighted by Crippen LogP contribution is 2.30. The Labute approximate surface area is 122 Å². The third-order valence-electron chi connectivity index (χ3n) is 3.15. The van der Waals surface area contributed by atoms with Crippen molar-refractivity contribution in [2.75, 3.05) is 13.7 Å². The van der Waals surface area contributed by atoms with E-state index in [0.29, 0.717) is 17.1 Å². The van der Waals surface area contributed by atoms with Crippen LogP contribution in [-0.2, 0) is 6.61 Å². The van der Waals surface area contributed by atoms with Gasteiger partial charge in [0.15, 0.2) is 11.5 Å². The molecule has 0 heterocycles.